The van der Waals surface area contributed by atoms with Crippen molar-refractivity contribution in [3.63, 3.8) is 0 Å². The molecule has 1 fully saturated rings. The summed E-state index contributed by atoms with van der Waals surface area (Å²) >= 11 is 0. The summed E-state index contributed by atoms with van der Waals surface area (Å²) in [6.45, 7) is 8.20. The van der Waals surface area contributed by atoms with E-state index in [-0.39, 0.29) is 0 Å². The third-order valence-electron chi connectivity index (χ3n) is 4.78. The molecule has 120 valence electrons. The molecule has 21 heavy (non-hydrogen) atoms. The van der Waals surface area contributed by atoms with Crippen LogP contribution in [0.2, 0.25) is 0 Å². The molecule has 0 atom stereocenters. The molecule has 4 nitrogen and oxygen atoms in total. The van der Waals surface area contributed by atoms with Gasteiger partial charge in [-0.1, -0.05) is 19.8 Å². The first-order valence-electron chi connectivity index (χ1n) is 8.48. The van der Waals surface area contributed by atoms with Crippen molar-refractivity contribution in [1.82, 2.24) is 15.1 Å². The van der Waals surface area contributed by atoms with Crippen LogP contribution in [0.3, 0.4) is 0 Å². The second-order valence-corrected chi connectivity index (χ2v) is 6.35. The topological polar surface area (TPSA) is 39.1 Å². The third-order valence-corrected chi connectivity index (χ3v) is 4.78. The molecule has 0 bridgehead atoms. The van der Waals surface area contributed by atoms with Crippen LogP contribution < -0.4 is 5.32 Å². The zero-order valence-corrected chi connectivity index (χ0v) is 14.0. The van der Waals surface area contributed by atoms with Crippen LogP contribution in [-0.2, 0) is 24.1 Å². The summed E-state index contributed by atoms with van der Waals surface area (Å²) in [7, 11) is 1.76. The number of nitrogens with one attached hydrogen (secondary N) is 1. The van der Waals surface area contributed by atoms with Crippen molar-refractivity contribution in [1.29, 1.82) is 0 Å². The van der Waals surface area contributed by atoms with E-state index in [4.69, 9.17) is 9.84 Å². The van der Waals surface area contributed by atoms with E-state index in [0.717, 1.165) is 39.1 Å². The molecule has 1 aliphatic carbocycles. The number of rotatable bonds is 9. The molecule has 1 heterocycles. The monoisotopic (exact) mass is 293 g/mol. The molecular formula is C17H31N3O. The molecule has 0 saturated heterocycles. The highest BCUT2D eigenvalue weighted by molar-refractivity contribution is 5.13. The number of ether oxygens (including phenoxy) is 1. The zero-order chi connectivity index (χ0) is 15.1. The van der Waals surface area contributed by atoms with E-state index >= 15 is 0 Å². The highest BCUT2D eigenvalue weighted by atomic mass is 16.5. The highest BCUT2D eigenvalue weighted by Gasteiger charge is 2.34. The summed E-state index contributed by atoms with van der Waals surface area (Å²) in [5.41, 5.74) is 3.07. The molecule has 0 radical (unpaired) electrons. The Hall–Kier alpha value is -0.870. The van der Waals surface area contributed by atoms with Crippen LogP contribution in [0.25, 0.3) is 0 Å². The van der Waals surface area contributed by atoms with Gasteiger partial charge in [-0.15, -0.1) is 0 Å². The first-order valence-corrected chi connectivity index (χ1v) is 8.48. The van der Waals surface area contributed by atoms with Gasteiger partial charge >= 0.3 is 0 Å². The Labute approximate surface area is 129 Å². The highest BCUT2D eigenvalue weighted by Crippen LogP contribution is 2.40. The number of nitrogens with zero attached hydrogens (tertiary/aromatic N) is 2. The summed E-state index contributed by atoms with van der Waals surface area (Å²) in [4.78, 5) is 0. The van der Waals surface area contributed by atoms with E-state index < -0.39 is 0 Å². The van der Waals surface area contributed by atoms with Crippen LogP contribution in [0.1, 0.15) is 50.9 Å². The van der Waals surface area contributed by atoms with Crippen molar-refractivity contribution >= 4 is 0 Å². The van der Waals surface area contributed by atoms with E-state index in [9.17, 15) is 0 Å². The van der Waals surface area contributed by atoms with Gasteiger partial charge in [0.1, 0.15) is 0 Å². The summed E-state index contributed by atoms with van der Waals surface area (Å²) in [6, 6.07) is 2.32. The van der Waals surface area contributed by atoms with Crippen LogP contribution in [0.15, 0.2) is 6.07 Å². The number of aryl methyl sites for hydroxylation is 2. The first kappa shape index (κ1) is 16.5. The van der Waals surface area contributed by atoms with Gasteiger partial charge in [-0.25, -0.2) is 0 Å². The number of hydrogen-bond acceptors (Lipinski definition) is 3. The number of aromatic nitrogens is 2. The lowest BCUT2D eigenvalue weighted by Crippen LogP contribution is -2.36. The van der Waals surface area contributed by atoms with Gasteiger partial charge in [0.15, 0.2) is 0 Å². The van der Waals surface area contributed by atoms with Crippen molar-refractivity contribution < 1.29 is 4.74 Å². The van der Waals surface area contributed by atoms with Crippen molar-refractivity contribution in [2.75, 3.05) is 26.8 Å². The largest absolute Gasteiger partial charge is 0.383 e. The Morgan fingerprint density at radius 2 is 2.10 bits per heavy atom. The quantitative estimate of drug-likeness (QED) is 0.712. The summed E-state index contributed by atoms with van der Waals surface area (Å²) < 4.78 is 7.34. The molecule has 2 rings (SSSR count). The molecule has 1 aromatic rings. The molecule has 1 N–H and O–H groups in total. The van der Waals surface area contributed by atoms with Crippen molar-refractivity contribution in [2.24, 2.45) is 5.41 Å². The van der Waals surface area contributed by atoms with Gasteiger partial charge in [0.2, 0.25) is 0 Å². The van der Waals surface area contributed by atoms with E-state index in [0.29, 0.717) is 5.41 Å². The minimum atomic E-state index is 0.422. The van der Waals surface area contributed by atoms with E-state index in [1.807, 2.05) is 0 Å². The van der Waals surface area contributed by atoms with Gasteiger partial charge in [-0.05, 0) is 44.1 Å². The van der Waals surface area contributed by atoms with Crippen molar-refractivity contribution in [3.8, 4) is 0 Å². The van der Waals surface area contributed by atoms with Gasteiger partial charge in [0.25, 0.3) is 0 Å². The SMILES string of the molecule is CCc1cc(CC2(CNCCOC)CCCC2)n(CC)n1. The molecule has 0 spiro atoms. The Morgan fingerprint density at radius 1 is 1.33 bits per heavy atom. The third kappa shape index (κ3) is 4.30. The van der Waals surface area contributed by atoms with Crippen LogP contribution in [-0.4, -0.2) is 36.6 Å². The molecule has 1 aromatic heterocycles. The predicted molar refractivity (Wildman–Crippen MR) is 86.6 cm³/mol. The maximum atomic E-state index is 5.14. The second-order valence-electron chi connectivity index (χ2n) is 6.35. The van der Waals surface area contributed by atoms with Gasteiger partial charge in [-0.3, -0.25) is 4.68 Å². The lowest BCUT2D eigenvalue weighted by molar-refractivity contribution is 0.189. The van der Waals surface area contributed by atoms with Crippen LogP contribution >= 0.6 is 0 Å². The Bertz CT molecular complexity index is 422. The number of methoxy groups -OCH3 is 1. The van der Waals surface area contributed by atoms with Crippen LogP contribution in [0, 0.1) is 5.41 Å². The normalized spacial score (nSPS) is 17.5. The smallest absolute Gasteiger partial charge is 0.0624 e. The Balaban J connectivity index is 2.03. The summed E-state index contributed by atoms with van der Waals surface area (Å²) in [5, 5.41) is 8.30. The van der Waals surface area contributed by atoms with Gasteiger partial charge in [0, 0.05) is 32.4 Å². The fourth-order valence-electron chi connectivity index (χ4n) is 3.56. The molecule has 1 saturated carbocycles. The minimum absolute atomic E-state index is 0.422. The van der Waals surface area contributed by atoms with Crippen LogP contribution in [0.5, 0.6) is 0 Å². The van der Waals surface area contributed by atoms with Gasteiger partial charge < -0.3 is 10.1 Å². The summed E-state index contributed by atoms with van der Waals surface area (Å²) in [6.07, 6.45) is 7.60. The predicted octanol–water partition coefficient (Wildman–Crippen LogP) is 2.80. The second kappa shape index (κ2) is 7.95. The molecular weight excluding hydrogens is 262 g/mol. The maximum absolute atomic E-state index is 5.14. The molecule has 1 aliphatic rings. The zero-order valence-electron chi connectivity index (χ0n) is 14.0. The Morgan fingerprint density at radius 3 is 2.71 bits per heavy atom. The first-order chi connectivity index (χ1) is 10.2. The molecule has 0 amide bonds. The molecule has 0 aromatic carbocycles. The van der Waals surface area contributed by atoms with Crippen molar-refractivity contribution in [3.05, 3.63) is 17.5 Å². The standard InChI is InChI=1S/C17H31N3O/c1-4-15-12-16(20(5-2)19-15)13-17(8-6-7-9-17)14-18-10-11-21-3/h12,18H,4-11,13-14H2,1-3H3. The minimum Gasteiger partial charge on any atom is -0.383 e. The van der Waals surface area contributed by atoms with Crippen LogP contribution in [0.4, 0.5) is 0 Å². The lowest BCUT2D eigenvalue weighted by atomic mass is 9.81. The fourth-order valence-corrected chi connectivity index (χ4v) is 3.56. The molecule has 0 unspecified atom stereocenters. The van der Waals surface area contributed by atoms with Gasteiger partial charge in [-0.2, -0.15) is 5.10 Å². The average Bonchev–Trinajstić information content (AvgIpc) is 3.11. The maximum Gasteiger partial charge on any atom is 0.0624 e. The van der Waals surface area contributed by atoms with E-state index in [1.165, 1.54) is 37.1 Å². The molecule has 0 aliphatic heterocycles. The average molecular weight is 293 g/mol. The van der Waals surface area contributed by atoms with E-state index in [2.05, 4.69) is 29.9 Å². The molecule has 4 heteroatoms. The summed E-state index contributed by atoms with van der Waals surface area (Å²) in [5.74, 6) is 0. The van der Waals surface area contributed by atoms with E-state index in [1.54, 1.807) is 7.11 Å². The van der Waals surface area contributed by atoms with Gasteiger partial charge in [0.05, 0.1) is 12.3 Å². The van der Waals surface area contributed by atoms with Crippen molar-refractivity contribution in [2.45, 2.75) is 58.9 Å². The lowest BCUT2D eigenvalue weighted by Gasteiger charge is -2.29. The number of hydrogen-bond donors (Lipinski definition) is 1. The fraction of sp³-hybridized carbons (Fsp3) is 0.824. The Kier molecular flexibility index (Phi) is 6.24.